The van der Waals surface area contributed by atoms with Crippen molar-refractivity contribution in [1.82, 2.24) is 0 Å². The van der Waals surface area contributed by atoms with Gasteiger partial charge in [-0.2, -0.15) is 0 Å². The van der Waals surface area contributed by atoms with Crippen LogP contribution in [0.15, 0.2) is 0 Å². The quantitative estimate of drug-likeness (QED) is 0.456. The van der Waals surface area contributed by atoms with Crippen molar-refractivity contribution in [3.63, 3.8) is 0 Å². The molecule has 0 aromatic rings. The monoisotopic (exact) mass is 186 g/mol. The fraction of sp³-hybridized carbons (Fsp3) is 0.778. The lowest BCUT2D eigenvalue weighted by Crippen LogP contribution is -2.06. The zero-order chi connectivity index (χ0) is 9.23. The van der Waals surface area contributed by atoms with Gasteiger partial charge < -0.3 is 9.53 Å². The summed E-state index contributed by atoms with van der Waals surface area (Å²) in [4.78, 5) is 0. The number of rotatable bonds is 0. The Morgan fingerprint density at radius 3 is 2.25 bits per heavy atom. The average Bonchev–Trinajstić information content (AvgIpc) is 2.08. The number of hydrogen-bond acceptors (Lipinski definition) is 2. The first-order valence-electron chi connectivity index (χ1n) is 4.49. The molecule has 70 valence electrons. The summed E-state index contributed by atoms with van der Waals surface area (Å²) in [7, 11) is 0.00849. The van der Waals surface area contributed by atoms with Crippen LogP contribution in [0.5, 0.6) is 0 Å². The molecule has 1 rings (SSSR count). The second-order valence-corrected chi connectivity index (χ2v) is 4.61. The molecule has 0 aliphatic carbocycles. The van der Waals surface area contributed by atoms with Gasteiger partial charge in [0.05, 0.1) is 0 Å². The second kappa shape index (κ2) is 8.63. The number of aliphatic hydroxyl groups is 1. The number of aliphatic hydroxyl groups excluding tert-OH is 1. The molecule has 0 radical (unpaired) electrons. The van der Waals surface area contributed by atoms with Crippen molar-refractivity contribution in [3.05, 3.63) is 0 Å². The highest BCUT2D eigenvalue weighted by Crippen LogP contribution is 2.01. The molecule has 3 heteroatoms. The third kappa shape index (κ3) is 9.54. The lowest BCUT2D eigenvalue weighted by Gasteiger charge is -2.07. The van der Waals surface area contributed by atoms with Crippen molar-refractivity contribution in [3.8, 4) is 12.0 Å². The predicted octanol–water partition coefficient (Wildman–Crippen LogP) is 1.27. The lowest BCUT2D eigenvalue weighted by molar-refractivity contribution is 0.304. The van der Waals surface area contributed by atoms with Crippen LogP contribution in [0.4, 0.5) is 0 Å². The van der Waals surface area contributed by atoms with Gasteiger partial charge in [0.1, 0.15) is 6.11 Å². The molecule has 0 bridgehead atoms. The minimum atomic E-state index is 0.00849. The minimum Gasteiger partial charge on any atom is -0.462 e. The summed E-state index contributed by atoms with van der Waals surface area (Å²) in [6.45, 7) is 4.90. The normalized spacial score (nSPS) is 17.6. The van der Waals surface area contributed by atoms with Crippen LogP contribution in [0.2, 0.25) is 6.04 Å². The molecule has 1 aliphatic heterocycles. The molecule has 1 fully saturated rings. The van der Waals surface area contributed by atoms with Crippen LogP contribution >= 0.6 is 0 Å². The van der Waals surface area contributed by atoms with Crippen LogP contribution in [0.3, 0.4) is 0 Å². The molecule has 1 heterocycles. The molecule has 1 N–H and O–H groups in total. The highest BCUT2D eigenvalue weighted by Gasteiger charge is 1.96. The van der Waals surface area contributed by atoms with Gasteiger partial charge in [-0.15, -0.1) is 0 Å². The molecule has 2 nitrogen and oxygen atoms in total. The Labute approximate surface area is 77.3 Å². The molecular formula is C9H18O2Si. The topological polar surface area (TPSA) is 29.5 Å². The smallest absolute Gasteiger partial charge is 0.161 e. The van der Waals surface area contributed by atoms with Crippen LogP contribution < -0.4 is 0 Å². The maximum Gasteiger partial charge on any atom is 0.161 e. The van der Waals surface area contributed by atoms with E-state index in [1.54, 1.807) is 0 Å². The third-order valence-corrected chi connectivity index (χ3v) is 2.80. The van der Waals surface area contributed by atoms with E-state index in [0.29, 0.717) is 0 Å². The molecule has 0 spiro atoms. The van der Waals surface area contributed by atoms with Gasteiger partial charge in [-0.05, 0) is 12.5 Å². The summed E-state index contributed by atoms with van der Waals surface area (Å²) in [6, 6.07) is 1.42. The van der Waals surface area contributed by atoms with Crippen molar-refractivity contribution in [2.24, 2.45) is 5.92 Å². The van der Waals surface area contributed by atoms with E-state index in [0.717, 1.165) is 6.61 Å². The van der Waals surface area contributed by atoms with E-state index in [9.17, 15) is 0 Å². The molecule has 0 atom stereocenters. The van der Waals surface area contributed by atoms with E-state index in [-0.39, 0.29) is 15.7 Å². The first-order valence-corrected chi connectivity index (χ1v) is 6.07. The summed E-state index contributed by atoms with van der Waals surface area (Å²) in [5.41, 5.74) is 0. The maximum atomic E-state index is 7.88. The first kappa shape index (κ1) is 11.5. The molecule has 0 aromatic carbocycles. The fourth-order valence-electron chi connectivity index (χ4n) is 0.816. The van der Waals surface area contributed by atoms with Crippen LogP contribution in [0, 0.1) is 17.9 Å². The van der Waals surface area contributed by atoms with Gasteiger partial charge in [0.25, 0.3) is 0 Å². The molecular weight excluding hydrogens is 168 g/mol. The Bertz CT molecular complexity index is 131. The van der Waals surface area contributed by atoms with E-state index < -0.39 is 0 Å². The minimum absolute atomic E-state index is 0.00849. The largest absolute Gasteiger partial charge is 0.462 e. The van der Waals surface area contributed by atoms with Crippen LogP contribution in [0.1, 0.15) is 26.7 Å². The number of hydrogen-bond donors (Lipinski definition) is 1. The van der Waals surface area contributed by atoms with Crippen LogP contribution in [-0.2, 0) is 4.43 Å². The fourth-order valence-corrected chi connectivity index (χ4v) is 1.99. The Hall–Kier alpha value is -0.463. The van der Waals surface area contributed by atoms with E-state index >= 15 is 0 Å². The molecule has 0 amide bonds. The van der Waals surface area contributed by atoms with Crippen molar-refractivity contribution in [2.45, 2.75) is 32.7 Å². The van der Waals surface area contributed by atoms with Crippen molar-refractivity contribution >= 4 is 9.76 Å². The lowest BCUT2D eigenvalue weighted by atomic mass is 10.2. The highest BCUT2D eigenvalue weighted by molar-refractivity contribution is 6.27. The van der Waals surface area contributed by atoms with Gasteiger partial charge in [0.15, 0.2) is 9.76 Å². The Morgan fingerprint density at radius 1 is 1.42 bits per heavy atom. The van der Waals surface area contributed by atoms with E-state index in [2.05, 4.69) is 5.92 Å². The molecule has 1 saturated heterocycles. The van der Waals surface area contributed by atoms with E-state index in [4.69, 9.17) is 9.53 Å². The molecule has 1 aliphatic rings. The van der Waals surface area contributed by atoms with Gasteiger partial charge >= 0.3 is 0 Å². The van der Waals surface area contributed by atoms with Gasteiger partial charge in [-0.3, -0.25) is 0 Å². The van der Waals surface area contributed by atoms with E-state index in [1.165, 1.54) is 18.9 Å². The van der Waals surface area contributed by atoms with Gasteiger partial charge in [0, 0.05) is 12.5 Å². The molecule has 12 heavy (non-hydrogen) atoms. The van der Waals surface area contributed by atoms with E-state index in [1.807, 2.05) is 20.0 Å². The summed E-state index contributed by atoms with van der Waals surface area (Å²) >= 11 is 0. The first-order chi connectivity index (χ1) is 5.77. The molecule has 0 unspecified atom stereocenters. The molecule has 0 aromatic heterocycles. The maximum absolute atomic E-state index is 7.88. The predicted molar refractivity (Wildman–Crippen MR) is 53.1 cm³/mol. The standard InChI is InChI=1S/C5H8O.C4H10OSi/c1-5(2)3-4-6;1-2-4-6-5-3-1/h5-6H,1-2H3;1-4,6H2. The average molecular weight is 186 g/mol. The zero-order valence-corrected chi connectivity index (χ0v) is 9.38. The molecule has 0 saturated carbocycles. The zero-order valence-electron chi connectivity index (χ0n) is 7.97. The summed E-state index contributed by atoms with van der Waals surface area (Å²) in [5, 5.41) is 7.88. The Balaban J connectivity index is 0.000000202. The van der Waals surface area contributed by atoms with Crippen molar-refractivity contribution < 1.29 is 9.53 Å². The summed E-state index contributed by atoms with van der Waals surface area (Å²) in [6.07, 6.45) is 4.57. The second-order valence-electron chi connectivity index (χ2n) is 3.08. The highest BCUT2D eigenvalue weighted by atomic mass is 28.2. The van der Waals surface area contributed by atoms with Crippen LogP contribution in [0.25, 0.3) is 0 Å². The Kier molecular flexibility index (Phi) is 8.30. The summed E-state index contributed by atoms with van der Waals surface area (Å²) < 4.78 is 5.21. The van der Waals surface area contributed by atoms with Crippen molar-refractivity contribution in [1.29, 1.82) is 0 Å². The third-order valence-electron chi connectivity index (χ3n) is 1.43. The SMILES string of the molecule is C1CC[SiH2]OC1.CC(C)C#CO. The van der Waals surface area contributed by atoms with Gasteiger partial charge in [-0.1, -0.05) is 26.2 Å². The Morgan fingerprint density at radius 2 is 2.17 bits per heavy atom. The summed E-state index contributed by atoms with van der Waals surface area (Å²) in [5.74, 6) is 2.80. The van der Waals surface area contributed by atoms with Gasteiger partial charge in [0.2, 0.25) is 0 Å². The van der Waals surface area contributed by atoms with Crippen molar-refractivity contribution in [2.75, 3.05) is 6.61 Å². The van der Waals surface area contributed by atoms with Crippen LogP contribution in [-0.4, -0.2) is 21.5 Å². The van der Waals surface area contributed by atoms with Gasteiger partial charge in [-0.25, -0.2) is 0 Å².